The van der Waals surface area contributed by atoms with Gasteiger partial charge in [0.15, 0.2) is 0 Å². The topological polar surface area (TPSA) is 89.8 Å². The van der Waals surface area contributed by atoms with Gasteiger partial charge in [-0.2, -0.15) is 0 Å². The molecule has 0 aromatic rings. The second-order valence-electron chi connectivity index (χ2n) is 18.8. The fourth-order valence-corrected chi connectivity index (χ4v) is 8.59. The van der Waals surface area contributed by atoms with Crippen LogP contribution in [0.15, 0.2) is 24.3 Å². The van der Waals surface area contributed by atoms with E-state index in [4.69, 9.17) is 0 Å². The molecule has 3 unspecified atom stereocenters. The molecule has 0 rings (SSSR count). The van der Waals surface area contributed by atoms with E-state index in [9.17, 15) is 20.1 Å². The van der Waals surface area contributed by atoms with Gasteiger partial charge in [0.1, 0.15) is 0 Å². The highest BCUT2D eigenvalue weighted by Gasteiger charge is 2.20. The minimum absolute atomic E-state index is 0.0103. The Morgan fingerprint density at radius 2 is 0.717 bits per heavy atom. The van der Waals surface area contributed by atoms with Crippen molar-refractivity contribution in [1.29, 1.82) is 0 Å². The van der Waals surface area contributed by atoms with Gasteiger partial charge >= 0.3 is 0 Å². The molecule has 0 aliphatic rings. The number of unbranched alkanes of at least 4 members (excludes halogenated alkanes) is 39. The van der Waals surface area contributed by atoms with Gasteiger partial charge < -0.3 is 20.6 Å². The minimum Gasteiger partial charge on any atom is -0.394 e. The zero-order chi connectivity index (χ0) is 43.7. The summed E-state index contributed by atoms with van der Waals surface area (Å²) in [4.78, 5) is 12.5. The number of allylic oxidation sites excluding steroid dienone is 3. The zero-order valence-corrected chi connectivity index (χ0v) is 40.6. The fourth-order valence-electron chi connectivity index (χ4n) is 8.59. The van der Waals surface area contributed by atoms with Crippen LogP contribution in [-0.2, 0) is 4.79 Å². The maximum atomic E-state index is 12.5. The Morgan fingerprint density at radius 3 is 1.07 bits per heavy atom. The molecule has 0 radical (unpaired) electrons. The molecule has 0 saturated heterocycles. The van der Waals surface area contributed by atoms with Gasteiger partial charge in [0.2, 0.25) is 5.91 Å². The Morgan fingerprint density at radius 1 is 0.417 bits per heavy atom. The van der Waals surface area contributed by atoms with E-state index in [-0.39, 0.29) is 18.9 Å². The summed E-state index contributed by atoms with van der Waals surface area (Å²) in [6, 6.07) is -0.758. The number of hydrogen-bond donors (Lipinski definition) is 4. The van der Waals surface area contributed by atoms with Crippen molar-refractivity contribution in [2.45, 2.75) is 315 Å². The molecule has 0 aromatic heterocycles. The quantitative estimate of drug-likeness (QED) is 0.0363. The predicted molar refractivity (Wildman–Crippen MR) is 264 cm³/mol. The van der Waals surface area contributed by atoms with Crippen LogP contribution < -0.4 is 5.32 Å². The molecule has 5 nitrogen and oxygen atoms in total. The lowest BCUT2D eigenvalue weighted by Crippen LogP contribution is -2.45. The van der Waals surface area contributed by atoms with E-state index in [1.54, 1.807) is 6.08 Å². The highest BCUT2D eigenvalue weighted by Crippen LogP contribution is 2.17. The second-order valence-corrected chi connectivity index (χ2v) is 18.8. The molecule has 4 N–H and O–H groups in total. The fraction of sp³-hybridized carbons (Fsp3) is 0.909. The van der Waals surface area contributed by atoms with Gasteiger partial charge in [0.05, 0.1) is 31.3 Å². The van der Waals surface area contributed by atoms with E-state index in [0.29, 0.717) is 6.42 Å². The summed E-state index contributed by atoms with van der Waals surface area (Å²) in [7, 11) is 0. The maximum absolute atomic E-state index is 12.5. The summed E-state index contributed by atoms with van der Waals surface area (Å²) in [5.41, 5.74) is 0. The van der Waals surface area contributed by atoms with Gasteiger partial charge in [-0.3, -0.25) is 4.79 Å². The van der Waals surface area contributed by atoms with Gasteiger partial charge in [-0.05, 0) is 32.1 Å². The first-order chi connectivity index (χ1) is 29.5. The van der Waals surface area contributed by atoms with Crippen molar-refractivity contribution < 1.29 is 20.1 Å². The van der Waals surface area contributed by atoms with E-state index in [1.807, 2.05) is 6.08 Å². The molecule has 0 aromatic carbocycles. The molecular weight excluding hydrogens is 739 g/mol. The smallest absolute Gasteiger partial charge is 0.222 e. The maximum Gasteiger partial charge on any atom is 0.222 e. The van der Waals surface area contributed by atoms with Crippen LogP contribution in [0.4, 0.5) is 0 Å². The minimum atomic E-state index is -0.950. The largest absolute Gasteiger partial charge is 0.394 e. The van der Waals surface area contributed by atoms with Crippen molar-refractivity contribution in [3.8, 4) is 0 Å². The first-order valence-electron chi connectivity index (χ1n) is 27.1. The Hall–Kier alpha value is -1.17. The van der Waals surface area contributed by atoms with Crippen molar-refractivity contribution in [3.05, 3.63) is 24.3 Å². The zero-order valence-electron chi connectivity index (χ0n) is 40.6. The summed E-state index contributed by atoms with van der Waals surface area (Å²) in [5.74, 6) is -0.320. The molecule has 1 amide bonds. The number of nitrogens with one attached hydrogen (secondary N) is 1. The number of carbonyl (C=O) groups is 1. The summed E-state index contributed by atoms with van der Waals surface area (Å²) in [6.07, 6.45) is 63.6. The molecule has 356 valence electrons. The average Bonchev–Trinajstić information content (AvgIpc) is 3.24. The van der Waals surface area contributed by atoms with Crippen LogP contribution in [0.1, 0.15) is 296 Å². The van der Waals surface area contributed by atoms with Crippen LogP contribution >= 0.6 is 0 Å². The lowest BCUT2D eigenvalue weighted by Gasteiger charge is -2.21. The van der Waals surface area contributed by atoms with Gasteiger partial charge in [-0.25, -0.2) is 0 Å². The lowest BCUT2D eigenvalue weighted by atomic mass is 10.0. The second kappa shape index (κ2) is 50.5. The van der Waals surface area contributed by atoms with Crippen molar-refractivity contribution in [2.75, 3.05) is 6.61 Å². The first kappa shape index (κ1) is 58.8. The highest BCUT2D eigenvalue weighted by molar-refractivity contribution is 5.76. The molecule has 60 heavy (non-hydrogen) atoms. The predicted octanol–water partition coefficient (Wildman–Crippen LogP) is 16.5. The molecule has 0 aliphatic carbocycles. The van der Waals surface area contributed by atoms with Gasteiger partial charge in [0.25, 0.3) is 0 Å². The van der Waals surface area contributed by atoms with E-state index in [1.165, 1.54) is 238 Å². The lowest BCUT2D eigenvalue weighted by molar-refractivity contribution is -0.124. The summed E-state index contributed by atoms with van der Waals surface area (Å²) >= 11 is 0. The number of amides is 1. The Labute approximate surface area is 375 Å². The molecule has 0 aliphatic heterocycles. The average molecular weight is 846 g/mol. The van der Waals surface area contributed by atoms with E-state index < -0.39 is 18.2 Å². The van der Waals surface area contributed by atoms with E-state index in [2.05, 4.69) is 31.3 Å². The SMILES string of the molecule is CCCCCCCCCCCCCCC/C=C/CC/C=C/C(O)C(CO)NC(=O)CC(O)CCCCCCCCCCCCCCCCCCCCCCCCCCCC. The number of hydrogen-bond acceptors (Lipinski definition) is 4. The summed E-state index contributed by atoms with van der Waals surface area (Å²) < 4.78 is 0. The third kappa shape index (κ3) is 46.3. The van der Waals surface area contributed by atoms with Crippen LogP contribution in [0.5, 0.6) is 0 Å². The van der Waals surface area contributed by atoms with E-state index in [0.717, 1.165) is 32.1 Å². The summed E-state index contributed by atoms with van der Waals surface area (Å²) in [6.45, 7) is 4.23. The summed E-state index contributed by atoms with van der Waals surface area (Å²) in [5, 5.41) is 33.4. The normalized spacial score (nSPS) is 13.5. The molecule has 0 bridgehead atoms. The number of carbonyl (C=O) groups excluding carboxylic acids is 1. The van der Waals surface area contributed by atoms with Crippen molar-refractivity contribution in [2.24, 2.45) is 0 Å². The van der Waals surface area contributed by atoms with Crippen LogP contribution in [0.2, 0.25) is 0 Å². The highest BCUT2D eigenvalue weighted by atomic mass is 16.3. The first-order valence-corrected chi connectivity index (χ1v) is 27.1. The Bertz CT molecular complexity index is 890. The van der Waals surface area contributed by atoms with E-state index >= 15 is 0 Å². The van der Waals surface area contributed by atoms with Crippen molar-refractivity contribution >= 4 is 5.91 Å². The Kier molecular flexibility index (Phi) is 49.5. The third-order valence-electron chi connectivity index (χ3n) is 12.7. The molecule has 0 heterocycles. The number of aliphatic hydroxyl groups excluding tert-OH is 3. The molecule has 3 atom stereocenters. The number of aliphatic hydroxyl groups is 3. The number of rotatable bonds is 50. The van der Waals surface area contributed by atoms with Gasteiger partial charge in [-0.1, -0.05) is 282 Å². The monoisotopic (exact) mass is 846 g/mol. The molecule has 0 spiro atoms. The molecular formula is C55H107NO4. The third-order valence-corrected chi connectivity index (χ3v) is 12.7. The Balaban J connectivity index is 3.57. The van der Waals surface area contributed by atoms with Gasteiger partial charge in [-0.15, -0.1) is 0 Å². The molecule has 0 fully saturated rings. The molecule has 5 heteroatoms. The van der Waals surface area contributed by atoms with Crippen LogP contribution in [0.25, 0.3) is 0 Å². The standard InChI is InChI=1S/C55H107NO4/c1-3-5-7-9-11-13-15-17-19-21-23-24-25-26-27-28-29-31-32-34-36-38-40-42-44-46-48-52(58)50-55(60)56-53(51-57)54(59)49-47-45-43-41-39-37-35-33-30-22-20-18-16-14-12-10-8-6-4-2/h39,41,47,49,52-54,57-59H,3-38,40,42-46,48,50-51H2,1-2H3,(H,56,60)/b41-39+,49-47+. The van der Waals surface area contributed by atoms with Crippen molar-refractivity contribution in [3.63, 3.8) is 0 Å². The van der Waals surface area contributed by atoms with Gasteiger partial charge in [0, 0.05) is 0 Å². The van der Waals surface area contributed by atoms with Crippen molar-refractivity contribution in [1.82, 2.24) is 5.32 Å². The van der Waals surface area contributed by atoms with Crippen LogP contribution in [0.3, 0.4) is 0 Å². The van der Waals surface area contributed by atoms with Crippen LogP contribution in [0, 0.1) is 0 Å². The molecule has 0 saturated carbocycles. The van der Waals surface area contributed by atoms with Crippen LogP contribution in [-0.4, -0.2) is 46.1 Å².